The second-order valence-electron chi connectivity index (χ2n) is 3.88. The molecule has 18 heavy (non-hydrogen) atoms. The number of hydrogen-bond acceptors (Lipinski definition) is 4. The van der Waals surface area contributed by atoms with Crippen molar-refractivity contribution in [2.75, 3.05) is 11.9 Å². The molecule has 1 heterocycles. The lowest BCUT2D eigenvalue weighted by atomic mass is 10.3. The van der Waals surface area contributed by atoms with Crippen molar-refractivity contribution in [2.24, 2.45) is 0 Å². The summed E-state index contributed by atoms with van der Waals surface area (Å²) in [5, 5.41) is 11.5. The van der Waals surface area contributed by atoms with Crippen molar-refractivity contribution in [3.05, 3.63) is 17.8 Å². The summed E-state index contributed by atoms with van der Waals surface area (Å²) in [6.07, 6.45) is -4.51. The number of alkyl halides is 3. The molecule has 0 fully saturated rings. The van der Waals surface area contributed by atoms with Crippen molar-refractivity contribution >= 4 is 11.7 Å². The van der Waals surface area contributed by atoms with Crippen LogP contribution in [0.5, 0.6) is 0 Å². The van der Waals surface area contributed by atoms with E-state index in [4.69, 9.17) is 0 Å². The molecule has 0 radical (unpaired) electrons. The van der Waals surface area contributed by atoms with Crippen LogP contribution in [0.25, 0.3) is 0 Å². The Morgan fingerprint density at radius 3 is 2.44 bits per heavy atom. The van der Waals surface area contributed by atoms with Crippen LogP contribution in [0.3, 0.4) is 0 Å². The molecule has 0 aliphatic rings. The van der Waals surface area contributed by atoms with E-state index in [2.05, 4.69) is 20.8 Å². The molecule has 0 spiro atoms. The van der Waals surface area contributed by atoms with Gasteiger partial charge in [-0.1, -0.05) is 0 Å². The maximum atomic E-state index is 12.2. The van der Waals surface area contributed by atoms with Crippen molar-refractivity contribution in [1.82, 2.24) is 15.5 Å². The van der Waals surface area contributed by atoms with Gasteiger partial charge in [-0.2, -0.15) is 13.2 Å². The molecular weight excluding hydrogens is 249 g/mol. The predicted molar refractivity (Wildman–Crippen MR) is 58.8 cm³/mol. The Bertz CT molecular complexity index is 403. The molecule has 1 rings (SSSR count). The molecule has 8 heteroatoms. The first kappa shape index (κ1) is 14.2. The van der Waals surface area contributed by atoms with Crippen molar-refractivity contribution in [3.8, 4) is 0 Å². The zero-order chi connectivity index (χ0) is 13.8. The summed E-state index contributed by atoms with van der Waals surface area (Å²) >= 11 is 0. The van der Waals surface area contributed by atoms with Gasteiger partial charge in [0.25, 0.3) is 0 Å². The Hall–Kier alpha value is -1.86. The van der Waals surface area contributed by atoms with Gasteiger partial charge in [0, 0.05) is 6.04 Å². The number of halogens is 3. The van der Waals surface area contributed by atoms with Crippen LogP contribution in [0, 0.1) is 0 Å². The van der Waals surface area contributed by atoms with Crippen molar-refractivity contribution in [1.29, 1.82) is 0 Å². The number of aromatic nitrogens is 2. The second kappa shape index (κ2) is 5.65. The molecule has 0 unspecified atom stereocenters. The fraction of sp³-hybridized carbons (Fsp3) is 0.500. The third kappa shape index (κ3) is 4.56. The van der Waals surface area contributed by atoms with Gasteiger partial charge >= 0.3 is 6.18 Å². The molecule has 0 saturated heterocycles. The summed E-state index contributed by atoms with van der Waals surface area (Å²) in [5.74, 6) is -0.159. The average molecular weight is 262 g/mol. The van der Waals surface area contributed by atoms with Crippen molar-refractivity contribution in [3.63, 3.8) is 0 Å². The highest BCUT2D eigenvalue weighted by Crippen LogP contribution is 2.26. The minimum Gasteiger partial charge on any atom is -0.360 e. The van der Waals surface area contributed by atoms with E-state index in [1.165, 1.54) is 0 Å². The van der Waals surface area contributed by atoms with Crippen LogP contribution in [-0.2, 0) is 11.0 Å². The molecule has 100 valence electrons. The lowest BCUT2D eigenvalue weighted by Crippen LogP contribution is -2.35. The maximum Gasteiger partial charge on any atom is 0.435 e. The molecule has 5 nitrogen and oxygen atoms in total. The van der Waals surface area contributed by atoms with Gasteiger partial charge in [-0.15, -0.1) is 10.2 Å². The second-order valence-corrected chi connectivity index (χ2v) is 3.88. The standard InChI is InChI=1S/C10H13F3N4O/c1-6(2)15-9(18)5-14-8-4-3-7(16-17-8)10(11,12)13/h3-4,6H,5H2,1-2H3,(H,14,17)(H,15,18). The van der Waals surface area contributed by atoms with Gasteiger partial charge in [-0.3, -0.25) is 4.79 Å². The monoisotopic (exact) mass is 262 g/mol. The molecule has 1 aromatic heterocycles. The SMILES string of the molecule is CC(C)NC(=O)CNc1ccc(C(F)(F)F)nn1. The third-order valence-electron chi connectivity index (χ3n) is 1.83. The first-order valence-corrected chi connectivity index (χ1v) is 5.23. The Balaban J connectivity index is 2.52. The van der Waals surface area contributed by atoms with Crippen molar-refractivity contribution in [2.45, 2.75) is 26.1 Å². The smallest absolute Gasteiger partial charge is 0.360 e. The minimum absolute atomic E-state index is 0.00186. The van der Waals surface area contributed by atoms with Crippen LogP contribution in [0.2, 0.25) is 0 Å². The summed E-state index contributed by atoms with van der Waals surface area (Å²) in [6.45, 7) is 3.53. The van der Waals surface area contributed by atoms with E-state index in [0.29, 0.717) is 0 Å². The van der Waals surface area contributed by atoms with Gasteiger partial charge in [0.15, 0.2) is 5.69 Å². The van der Waals surface area contributed by atoms with Crippen LogP contribution in [0.15, 0.2) is 12.1 Å². The molecule has 0 atom stereocenters. The maximum absolute atomic E-state index is 12.2. The first-order chi connectivity index (χ1) is 8.29. The summed E-state index contributed by atoms with van der Waals surface area (Å²) in [5.41, 5.74) is -1.07. The number of nitrogens with one attached hydrogen (secondary N) is 2. The molecule has 2 N–H and O–H groups in total. The fourth-order valence-electron chi connectivity index (χ4n) is 1.12. The zero-order valence-electron chi connectivity index (χ0n) is 9.88. The van der Waals surface area contributed by atoms with E-state index in [1.807, 2.05) is 0 Å². The Morgan fingerprint density at radius 1 is 1.33 bits per heavy atom. The number of carbonyl (C=O) groups excluding carboxylic acids is 1. The summed E-state index contributed by atoms with van der Waals surface area (Å²) in [7, 11) is 0. The van der Waals surface area contributed by atoms with E-state index in [9.17, 15) is 18.0 Å². The Kier molecular flexibility index (Phi) is 4.46. The largest absolute Gasteiger partial charge is 0.435 e. The predicted octanol–water partition coefficient (Wildman–Crippen LogP) is 1.43. The van der Waals surface area contributed by atoms with Gasteiger partial charge in [-0.25, -0.2) is 0 Å². The fourth-order valence-corrected chi connectivity index (χ4v) is 1.12. The molecule has 0 aliphatic carbocycles. The van der Waals surface area contributed by atoms with Crippen LogP contribution >= 0.6 is 0 Å². The normalized spacial score (nSPS) is 11.4. The van der Waals surface area contributed by atoms with Crippen LogP contribution in [-0.4, -0.2) is 28.7 Å². The minimum atomic E-state index is -4.51. The van der Waals surface area contributed by atoms with Crippen LogP contribution < -0.4 is 10.6 Å². The average Bonchev–Trinajstić information content (AvgIpc) is 2.25. The summed E-state index contributed by atoms with van der Waals surface area (Å²) in [6, 6.07) is 1.92. The van der Waals surface area contributed by atoms with E-state index < -0.39 is 11.9 Å². The van der Waals surface area contributed by atoms with E-state index in [-0.39, 0.29) is 24.3 Å². The molecule has 1 amide bonds. The number of nitrogens with zero attached hydrogens (tertiary/aromatic N) is 2. The van der Waals surface area contributed by atoms with Crippen LogP contribution in [0.4, 0.5) is 19.0 Å². The number of amides is 1. The highest BCUT2D eigenvalue weighted by molar-refractivity contribution is 5.80. The number of carbonyl (C=O) groups is 1. The Labute approximate surface area is 102 Å². The molecule has 1 aromatic rings. The van der Waals surface area contributed by atoms with E-state index >= 15 is 0 Å². The highest BCUT2D eigenvalue weighted by Gasteiger charge is 2.32. The lowest BCUT2D eigenvalue weighted by Gasteiger charge is -2.09. The number of anilines is 1. The molecule has 0 saturated carbocycles. The van der Waals surface area contributed by atoms with E-state index in [1.54, 1.807) is 13.8 Å². The quantitative estimate of drug-likeness (QED) is 0.861. The zero-order valence-corrected chi connectivity index (χ0v) is 9.88. The number of hydrogen-bond donors (Lipinski definition) is 2. The van der Waals surface area contributed by atoms with Gasteiger partial charge in [-0.05, 0) is 26.0 Å². The first-order valence-electron chi connectivity index (χ1n) is 5.23. The molecule has 0 bridgehead atoms. The topological polar surface area (TPSA) is 66.9 Å². The number of rotatable bonds is 4. The summed E-state index contributed by atoms with van der Waals surface area (Å²) < 4.78 is 36.6. The van der Waals surface area contributed by atoms with Gasteiger partial charge in [0.05, 0.1) is 6.54 Å². The highest BCUT2D eigenvalue weighted by atomic mass is 19.4. The van der Waals surface area contributed by atoms with Gasteiger partial charge < -0.3 is 10.6 Å². The molecule has 0 aliphatic heterocycles. The molecule has 0 aromatic carbocycles. The van der Waals surface area contributed by atoms with Crippen LogP contribution in [0.1, 0.15) is 19.5 Å². The van der Waals surface area contributed by atoms with E-state index in [0.717, 1.165) is 12.1 Å². The lowest BCUT2D eigenvalue weighted by molar-refractivity contribution is -0.141. The summed E-state index contributed by atoms with van der Waals surface area (Å²) in [4.78, 5) is 11.3. The van der Waals surface area contributed by atoms with Crippen molar-refractivity contribution < 1.29 is 18.0 Å². The molecular formula is C10H13F3N4O. The Morgan fingerprint density at radius 2 is 2.00 bits per heavy atom. The van der Waals surface area contributed by atoms with Gasteiger partial charge in [0.1, 0.15) is 5.82 Å². The van der Waals surface area contributed by atoms with Gasteiger partial charge in [0.2, 0.25) is 5.91 Å². The third-order valence-corrected chi connectivity index (χ3v) is 1.83.